The van der Waals surface area contributed by atoms with Crippen molar-refractivity contribution in [1.29, 1.82) is 0 Å². The first-order valence-corrected chi connectivity index (χ1v) is 5.94. The summed E-state index contributed by atoms with van der Waals surface area (Å²) in [5.41, 5.74) is 5.67. The minimum absolute atomic E-state index is 0.0735. The molecule has 3 atom stereocenters. The molecule has 16 heavy (non-hydrogen) atoms. The Morgan fingerprint density at radius 2 is 2.44 bits per heavy atom. The van der Waals surface area contributed by atoms with Crippen LogP contribution in [0.25, 0.3) is 0 Å². The van der Waals surface area contributed by atoms with E-state index in [0.29, 0.717) is 25.0 Å². The molecular formula is C12H23N3O. The zero-order valence-electron chi connectivity index (χ0n) is 10.3. The minimum Gasteiger partial charge on any atom is -0.351 e. The first kappa shape index (κ1) is 13.2. The Labute approximate surface area is 97.9 Å². The van der Waals surface area contributed by atoms with Crippen molar-refractivity contribution in [3.63, 3.8) is 0 Å². The highest BCUT2D eigenvalue weighted by Gasteiger charge is 2.33. The van der Waals surface area contributed by atoms with Crippen LogP contribution in [-0.2, 0) is 4.79 Å². The van der Waals surface area contributed by atoms with E-state index >= 15 is 0 Å². The van der Waals surface area contributed by atoms with Crippen LogP contribution in [0.1, 0.15) is 20.3 Å². The second-order valence-electron chi connectivity index (χ2n) is 4.59. The van der Waals surface area contributed by atoms with Gasteiger partial charge in [0.25, 0.3) is 0 Å². The summed E-state index contributed by atoms with van der Waals surface area (Å²) in [6.07, 6.45) is 2.79. The van der Waals surface area contributed by atoms with E-state index in [-0.39, 0.29) is 11.9 Å². The zero-order chi connectivity index (χ0) is 12.1. The van der Waals surface area contributed by atoms with E-state index < -0.39 is 0 Å². The molecule has 0 aromatic heterocycles. The van der Waals surface area contributed by atoms with Gasteiger partial charge in [-0.05, 0) is 32.7 Å². The average Bonchev–Trinajstić information content (AvgIpc) is 2.66. The third kappa shape index (κ3) is 3.06. The predicted molar refractivity (Wildman–Crippen MR) is 66.0 cm³/mol. The van der Waals surface area contributed by atoms with Crippen LogP contribution in [0.3, 0.4) is 0 Å². The molecule has 0 spiro atoms. The summed E-state index contributed by atoms with van der Waals surface area (Å²) < 4.78 is 0. The van der Waals surface area contributed by atoms with E-state index in [2.05, 4.69) is 23.7 Å². The number of carbonyl (C=O) groups excluding carboxylic acids is 1. The van der Waals surface area contributed by atoms with Crippen LogP contribution in [0.4, 0.5) is 0 Å². The molecule has 3 unspecified atom stereocenters. The number of amides is 1. The van der Waals surface area contributed by atoms with Gasteiger partial charge in [0.1, 0.15) is 0 Å². The number of hydrogen-bond acceptors (Lipinski definition) is 3. The molecule has 0 bridgehead atoms. The summed E-state index contributed by atoms with van der Waals surface area (Å²) in [6, 6.07) is 0.365. The molecule has 1 aliphatic rings. The molecule has 0 aromatic rings. The summed E-state index contributed by atoms with van der Waals surface area (Å²) in [7, 11) is 0. The maximum atomic E-state index is 11.8. The van der Waals surface area contributed by atoms with E-state index in [9.17, 15) is 4.79 Å². The zero-order valence-corrected chi connectivity index (χ0v) is 10.3. The van der Waals surface area contributed by atoms with Crippen LogP contribution in [0.2, 0.25) is 0 Å². The van der Waals surface area contributed by atoms with E-state index in [4.69, 9.17) is 5.73 Å². The number of carbonyl (C=O) groups is 1. The Bertz CT molecular complexity index is 255. The fraction of sp³-hybridized carbons (Fsp3) is 0.750. The molecule has 0 radical (unpaired) electrons. The van der Waals surface area contributed by atoms with Gasteiger partial charge < -0.3 is 11.1 Å². The van der Waals surface area contributed by atoms with Gasteiger partial charge in [0.05, 0.1) is 6.04 Å². The monoisotopic (exact) mass is 225 g/mol. The fourth-order valence-electron chi connectivity index (χ4n) is 2.35. The molecule has 1 amide bonds. The number of hydrogen-bond donors (Lipinski definition) is 2. The predicted octanol–water partition coefficient (Wildman–Crippen LogP) is 0.346. The first-order valence-electron chi connectivity index (χ1n) is 5.94. The first-order chi connectivity index (χ1) is 7.60. The molecule has 4 heteroatoms. The summed E-state index contributed by atoms with van der Waals surface area (Å²) in [5.74, 6) is 0.606. The van der Waals surface area contributed by atoms with Crippen molar-refractivity contribution in [2.45, 2.75) is 32.4 Å². The maximum absolute atomic E-state index is 11.8. The topological polar surface area (TPSA) is 58.4 Å². The van der Waals surface area contributed by atoms with Crippen molar-refractivity contribution in [2.75, 3.05) is 19.6 Å². The van der Waals surface area contributed by atoms with Crippen LogP contribution in [0.5, 0.6) is 0 Å². The highest BCUT2D eigenvalue weighted by atomic mass is 16.2. The second-order valence-corrected chi connectivity index (χ2v) is 4.59. The molecule has 0 aliphatic carbocycles. The lowest BCUT2D eigenvalue weighted by molar-refractivity contribution is -0.125. The smallest absolute Gasteiger partial charge is 0.237 e. The summed E-state index contributed by atoms with van der Waals surface area (Å²) in [6.45, 7) is 9.87. The van der Waals surface area contributed by atoms with Crippen molar-refractivity contribution in [3.8, 4) is 0 Å². The fourth-order valence-corrected chi connectivity index (χ4v) is 2.35. The maximum Gasteiger partial charge on any atom is 0.237 e. The molecule has 92 valence electrons. The summed E-state index contributed by atoms with van der Waals surface area (Å²) >= 11 is 0. The highest BCUT2D eigenvalue weighted by molar-refractivity contribution is 5.81. The summed E-state index contributed by atoms with van der Waals surface area (Å²) in [4.78, 5) is 14.0. The van der Waals surface area contributed by atoms with Crippen LogP contribution in [0, 0.1) is 5.92 Å². The molecule has 0 aromatic carbocycles. The Kier molecular flexibility index (Phi) is 4.96. The van der Waals surface area contributed by atoms with E-state index in [1.807, 2.05) is 6.92 Å². The molecule has 1 saturated heterocycles. The van der Waals surface area contributed by atoms with Crippen molar-refractivity contribution in [2.24, 2.45) is 11.7 Å². The molecule has 3 N–H and O–H groups in total. The Hall–Kier alpha value is -0.870. The van der Waals surface area contributed by atoms with Crippen LogP contribution in [-0.4, -0.2) is 42.5 Å². The van der Waals surface area contributed by atoms with Gasteiger partial charge in [0.2, 0.25) is 5.91 Å². The highest BCUT2D eigenvalue weighted by Crippen LogP contribution is 2.24. The van der Waals surface area contributed by atoms with Crippen molar-refractivity contribution < 1.29 is 4.79 Å². The van der Waals surface area contributed by atoms with Gasteiger partial charge >= 0.3 is 0 Å². The minimum atomic E-state index is -0.0773. The SMILES string of the molecule is C=CCNC(=O)C(C)N1CC(CN)CC1C. The van der Waals surface area contributed by atoms with Gasteiger partial charge in [-0.1, -0.05) is 6.08 Å². The molecule has 1 fully saturated rings. The lowest BCUT2D eigenvalue weighted by Gasteiger charge is -2.27. The lowest BCUT2D eigenvalue weighted by atomic mass is 10.1. The Morgan fingerprint density at radius 1 is 1.75 bits per heavy atom. The number of nitrogens with zero attached hydrogens (tertiary/aromatic N) is 1. The van der Waals surface area contributed by atoms with Crippen LogP contribution < -0.4 is 11.1 Å². The largest absolute Gasteiger partial charge is 0.351 e. The van der Waals surface area contributed by atoms with Crippen molar-refractivity contribution >= 4 is 5.91 Å². The summed E-state index contributed by atoms with van der Waals surface area (Å²) in [5, 5.41) is 2.83. The molecule has 1 rings (SSSR count). The molecule has 1 heterocycles. The van der Waals surface area contributed by atoms with Crippen LogP contribution >= 0.6 is 0 Å². The number of rotatable bonds is 5. The quantitative estimate of drug-likeness (QED) is 0.664. The molecule has 1 aliphatic heterocycles. The average molecular weight is 225 g/mol. The lowest BCUT2D eigenvalue weighted by Crippen LogP contribution is -2.46. The Morgan fingerprint density at radius 3 is 2.94 bits per heavy atom. The normalized spacial score (nSPS) is 27.7. The molecular weight excluding hydrogens is 202 g/mol. The van der Waals surface area contributed by atoms with Gasteiger partial charge in [-0.3, -0.25) is 9.69 Å². The van der Waals surface area contributed by atoms with Crippen molar-refractivity contribution in [3.05, 3.63) is 12.7 Å². The van der Waals surface area contributed by atoms with Gasteiger partial charge in [-0.25, -0.2) is 0 Å². The third-order valence-electron chi connectivity index (χ3n) is 3.34. The van der Waals surface area contributed by atoms with E-state index in [0.717, 1.165) is 13.0 Å². The number of likely N-dealkylation sites (tertiary alicyclic amines) is 1. The van der Waals surface area contributed by atoms with Gasteiger partial charge in [0.15, 0.2) is 0 Å². The van der Waals surface area contributed by atoms with E-state index in [1.165, 1.54) is 0 Å². The Balaban J connectivity index is 2.50. The second kappa shape index (κ2) is 6.01. The van der Waals surface area contributed by atoms with Gasteiger partial charge in [-0.2, -0.15) is 0 Å². The standard InChI is InChI=1S/C12H23N3O/c1-4-5-14-12(16)10(3)15-8-11(7-13)6-9(15)2/h4,9-11H,1,5-8,13H2,2-3H3,(H,14,16). The van der Waals surface area contributed by atoms with Crippen LogP contribution in [0.15, 0.2) is 12.7 Å². The third-order valence-corrected chi connectivity index (χ3v) is 3.34. The number of nitrogens with two attached hydrogens (primary N) is 1. The van der Waals surface area contributed by atoms with Gasteiger partial charge in [0, 0.05) is 19.1 Å². The van der Waals surface area contributed by atoms with Gasteiger partial charge in [-0.15, -0.1) is 6.58 Å². The van der Waals surface area contributed by atoms with Crippen molar-refractivity contribution in [1.82, 2.24) is 10.2 Å². The number of nitrogens with one attached hydrogen (secondary N) is 1. The molecule has 0 saturated carbocycles. The molecule has 4 nitrogen and oxygen atoms in total. The van der Waals surface area contributed by atoms with E-state index in [1.54, 1.807) is 6.08 Å².